The number of guanidine groups is 1. The molecule has 0 aromatic heterocycles. The summed E-state index contributed by atoms with van der Waals surface area (Å²) in [5, 5.41) is 6.34. The molecule has 1 aromatic rings. The third kappa shape index (κ3) is 7.53. The molecule has 2 N–H and O–H groups in total. The molecule has 1 atom stereocenters. The van der Waals surface area contributed by atoms with E-state index >= 15 is 0 Å². The highest BCUT2D eigenvalue weighted by Gasteiger charge is 2.28. The monoisotopic (exact) mass is 557 g/mol. The Labute approximate surface area is 208 Å². The predicted molar refractivity (Wildman–Crippen MR) is 137 cm³/mol. The summed E-state index contributed by atoms with van der Waals surface area (Å²) in [7, 11) is 0. The van der Waals surface area contributed by atoms with Gasteiger partial charge < -0.3 is 25.2 Å². The third-order valence-corrected chi connectivity index (χ3v) is 5.66. The summed E-state index contributed by atoms with van der Waals surface area (Å²) < 4.78 is 5.22. The summed E-state index contributed by atoms with van der Waals surface area (Å²) in [6, 6.07) is 7.79. The molecule has 2 heterocycles. The van der Waals surface area contributed by atoms with Crippen LogP contribution in [0.3, 0.4) is 0 Å². The lowest BCUT2D eigenvalue weighted by Gasteiger charge is -2.34. The van der Waals surface area contributed by atoms with Crippen molar-refractivity contribution in [2.75, 3.05) is 44.6 Å². The van der Waals surface area contributed by atoms with Gasteiger partial charge in [-0.05, 0) is 57.2 Å². The fourth-order valence-corrected chi connectivity index (χ4v) is 4.08. The Balaban J connectivity index is 0.00000363. The molecule has 1 aromatic carbocycles. The number of ether oxygens (including phenoxy) is 1. The van der Waals surface area contributed by atoms with Gasteiger partial charge in [-0.25, -0.2) is 9.79 Å². The van der Waals surface area contributed by atoms with E-state index in [1.807, 2.05) is 43.0 Å². The molecule has 2 amide bonds. The Bertz CT molecular complexity index is 783. The molecular formula is C23H36IN5O3. The molecular weight excluding hydrogens is 521 g/mol. The molecule has 2 saturated heterocycles. The van der Waals surface area contributed by atoms with E-state index in [-0.39, 0.29) is 41.9 Å². The molecule has 0 saturated carbocycles. The van der Waals surface area contributed by atoms with Crippen molar-refractivity contribution in [3.05, 3.63) is 29.8 Å². The molecule has 2 aliphatic rings. The van der Waals surface area contributed by atoms with Crippen LogP contribution in [0.4, 0.5) is 10.5 Å². The zero-order chi connectivity index (χ0) is 22.1. The van der Waals surface area contributed by atoms with Crippen LogP contribution in [0.5, 0.6) is 0 Å². The number of piperidine rings is 1. The van der Waals surface area contributed by atoms with Crippen LogP contribution < -0.4 is 10.6 Å². The molecule has 178 valence electrons. The van der Waals surface area contributed by atoms with Gasteiger partial charge in [-0.2, -0.15) is 0 Å². The van der Waals surface area contributed by atoms with Crippen LogP contribution in [-0.4, -0.2) is 67.1 Å². The third-order valence-electron chi connectivity index (χ3n) is 5.66. The Morgan fingerprint density at radius 1 is 1.12 bits per heavy atom. The average Bonchev–Trinajstić information content (AvgIpc) is 3.32. The van der Waals surface area contributed by atoms with Crippen LogP contribution in [0, 0.1) is 5.92 Å². The van der Waals surface area contributed by atoms with Crippen molar-refractivity contribution in [3.63, 3.8) is 0 Å². The van der Waals surface area contributed by atoms with Crippen molar-refractivity contribution in [1.82, 2.24) is 15.1 Å². The van der Waals surface area contributed by atoms with Crippen molar-refractivity contribution >= 4 is 47.6 Å². The maximum Gasteiger partial charge on any atom is 0.321 e. The summed E-state index contributed by atoms with van der Waals surface area (Å²) in [5.41, 5.74) is 1.81. The standard InChI is InChI=1S/C23H35N5O3.HI/c1-3-24-22(28-14-8-10-19(17-28)21(29)31-4-2)25-16-18-9-7-11-20(15-18)26-23(30)27-12-5-6-13-27;/h7,9,11,15,19H,3-6,8,10,12-14,16-17H2,1-2H3,(H,24,25)(H,26,30);1H. The second-order valence-electron chi connectivity index (χ2n) is 8.03. The molecule has 8 nitrogen and oxygen atoms in total. The zero-order valence-corrected chi connectivity index (χ0v) is 21.5. The summed E-state index contributed by atoms with van der Waals surface area (Å²) in [5.74, 6) is 0.578. The minimum absolute atomic E-state index is 0. The Morgan fingerprint density at radius 2 is 1.88 bits per heavy atom. The Kier molecular flexibility index (Phi) is 11.1. The fraction of sp³-hybridized carbons (Fsp3) is 0.609. The first kappa shape index (κ1) is 26.2. The van der Waals surface area contributed by atoms with Crippen LogP contribution in [0.25, 0.3) is 0 Å². The van der Waals surface area contributed by atoms with Gasteiger partial charge in [0.1, 0.15) is 0 Å². The Morgan fingerprint density at radius 3 is 2.59 bits per heavy atom. The molecule has 0 spiro atoms. The lowest BCUT2D eigenvalue weighted by atomic mass is 9.98. The highest BCUT2D eigenvalue weighted by Crippen LogP contribution is 2.19. The van der Waals surface area contributed by atoms with Crippen molar-refractivity contribution in [2.45, 2.75) is 46.1 Å². The number of carbonyl (C=O) groups excluding carboxylic acids is 2. The van der Waals surface area contributed by atoms with Crippen molar-refractivity contribution < 1.29 is 14.3 Å². The molecule has 32 heavy (non-hydrogen) atoms. The average molecular weight is 557 g/mol. The summed E-state index contributed by atoms with van der Waals surface area (Å²) in [6.45, 7) is 8.68. The number of likely N-dealkylation sites (tertiary alicyclic amines) is 2. The van der Waals surface area contributed by atoms with Crippen LogP contribution in [0.1, 0.15) is 45.1 Å². The molecule has 3 rings (SSSR count). The predicted octanol–water partition coefficient (Wildman–Crippen LogP) is 3.67. The number of nitrogens with one attached hydrogen (secondary N) is 2. The lowest BCUT2D eigenvalue weighted by Crippen LogP contribution is -2.48. The van der Waals surface area contributed by atoms with Gasteiger partial charge >= 0.3 is 12.0 Å². The van der Waals surface area contributed by atoms with Gasteiger partial charge in [0.2, 0.25) is 0 Å². The molecule has 2 aliphatic heterocycles. The second kappa shape index (κ2) is 13.5. The number of nitrogens with zero attached hydrogens (tertiary/aromatic N) is 3. The molecule has 9 heteroatoms. The number of amides is 2. The van der Waals surface area contributed by atoms with Crippen LogP contribution in [0.2, 0.25) is 0 Å². The molecule has 0 bridgehead atoms. The van der Waals surface area contributed by atoms with Crippen LogP contribution >= 0.6 is 24.0 Å². The number of rotatable bonds is 6. The molecule has 2 fully saturated rings. The van der Waals surface area contributed by atoms with Crippen LogP contribution in [-0.2, 0) is 16.1 Å². The van der Waals surface area contributed by atoms with E-state index in [0.29, 0.717) is 19.7 Å². The quantitative estimate of drug-likeness (QED) is 0.241. The SMILES string of the molecule is CCNC(=NCc1cccc(NC(=O)N2CCCC2)c1)N1CCCC(C(=O)OCC)C1.I. The normalized spacial score (nSPS) is 18.7. The van der Waals surface area contributed by atoms with Crippen molar-refractivity contribution in [2.24, 2.45) is 10.9 Å². The first-order valence-electron chi connectivity index (χ1n) is 11.5. The van der Waals surface area contributed by atoms with E-state index in [1.54, 1.807) is 0 Å². The van der Waals surface area contributed by atoms with Crippen LogP contribution in [0.15, 0.2) is 29.3 Å². The smallest absolute Gasteiger partial charge is 0.321 e. The highest BCUT2D eigenvalue weighted by atomic mass is 127. The molecule has 0 aliphatic carbocycles. The number of esters is 1. The summed E-state index contributed by atoms with van der Waals surface area (Å²) in [6.07, 6.45) is 3.94. The fourth-order valence-electron chi connectivity index (χ4n) is 4.08. The van der Waals surface area contributed by atoms with Gasteiger partial charge in [0.25, 0.3) is 0 Å². The van der Waals surface area contributed by atoms with E-state index in [9.17, 15) is 9.59 Å². The van der Waals surface area contributed by atoms with E-state index < -0.39 is 0 Å². The topological polar surface area (TPSA) is 86.3 Å². The maximum absolute atomic E-state index is 12.3. The largest absolute Gasteiger partial charge is 0.466 e. The first-order chi connectivity index (χ1) is 15.1. The highest BCUT2D eigenvalue weighted by molar-refractivity contribution is 14.0. The number of hydrogen-bond acceptors (Lipinski definition) is 4. The second-order valence-corrected chi connectivity index (χ2v) is 8.03. The Hall–Kier alpha value is -2.04. The van der Waals surface area contributed by atoms with Gasteiger partial charge in [0.15, 0.2) is 5.96 Å². The van der Waals surface area contributed by atoms with Gasteiger partial charge in [-0.3, -0.25) is 4.79 Å². The van der Waals surface area contributed by atoms with E-state index in [2.05, 4.69) is 15.5 Å². The lowest BCUT2D eigenvalue weighted by molar-refractivity contribution is -0.149. The summed E-state index contributed by atoms with van der Waals surface area (Å²) >= 11 is 0. The van der Waals surface area contributed by atoms with Gasteiger partial charge in [-0.1, -0.05) is 12.1 Å². The van der Waals surface area contributed by atoms with E-state index in [4.69, 9.17) is 9.73 Å². The maximum atomic E-state index is 12.3. The van der Waals surface area contributed by atoms with E-state index in [1.165, 1.54) is 0 Å². The number of benzene rings is 1. The number of halogens is 1. The molecule has 0 radical (unpaired) electrons. The van der Waals surface area contributed by atoms with E-state index in [0.717, 1.165) is 69.1 Å². The number of urea groups is 1. The minimum atomic E-state index is -0.121. The number of carbonyl (C=O) groups is 2. The first-order valence-corrected chi connectivity index (χ1v) is 11.5. The van der Waals surface area contributed by atoms with Gasteiger partial charge in [0, 0.05) is 38.4 Å². The number of aliphatic imine (C=N–C) groups is 1. The summed E-state index contributed by atoms with van der Waals surface area (Å²) in [4.78, 5) is 33.3. The number of hydrogen-bond donors (Lipinski definition) is 2. The van der Waals surface area contributed by atoms with Gasteiger partial charge in [0.05, 0.1) is 19.1 Å². The number of anilines is 1. The van der Waals surface area contributed by atoms with Crippen molar-refractivity contribution in [1.29, 1.82) is 0 Å². The van der Waals surface area contributed by atoms with Crippen molar-refractivity contribution in [3.8, 4) is 0 Å². The molecule has 1 unspecified atom stereocenters. The zero-order valence-electron chi connectivity index (χ0n) is 19.1. The van der Waals surface area contributed by atoms with Gasteiger partial charge in [-0.15, -0.1) is 24.0 Å². The minimum Gasteiger partial charge on any atom is -0.466 e.